The Kier molecular flexibility index (Phi) is 14.6. The molecule has 0 saturated carbocycles. The van der Waals surface area contributed by atoms with Gasteiger partial charge in [-0.3, -0.25) is 9.59 Å². The van der Waals surface area contributed by atoms with Gasteiger partial charge in [0.05, 0.1) is 22.5 Å². The van der Waals surface area contributed by atoms with Crippen LogP contribution in [-0.2, 0) is 25.9 Å². The van der Waals surface area contributed by atoms with Crippen molar-refractivity contribution in [1.82, 2.24) is 15.3 Å². The van der Waals surface area contributed by atoms with Crippen LogP contribution in [0.1, 0.15) is 68.2 Å². The molecule has 6 nitrogen and oxygen atoms in total. The SMILES string of the molecule is CC(=O)c1ccc(Br)c(C)c1.CC(=O)c1ccc(N2CCc3[nH]c(-c4c(F)cccc4F)cc3C2)c(C)c1.Fc1cccc(F)c1-c1cc2c([nH]1)CCNC2.[B][BH3-]. The van der Waals surface area contributed by atoms with Crippen molar-refractivity contribution >= 4 is 48.7 Å². The molecule has 0 aliphatic carbocycles. The molecule has 294 valence electrons. The van der Waals surface area contributed by atoms with Crippen molar-refractivity contribution in [2.24, 2.45) is 0 Å². The van der Waals surface area contributed by atoms with Gasteiger partial charge in [0.2, 0.25) is 0 Å². The van der Waals surface area contributed by atoms with Gasteiger partial charge < -0.3 is 20.2 Å². The van der Waals surface area contributed by atoms with Gasteiger partial charge in [-0.25, -0.2) is 17.6 Å². The maximum atomic E-state index is 14.1. The minimum atomic E-state index is -0.568. The van der Waals surface area contributed by atoms with E-state index in [9.17, 15) is 27.2 Å². The lowest BCUT2D eigenvalue weighted by Gasteiger charge is -2.30. The van der Waals surface area contributed by atoms with Gasteiger partial charge >= 0.3 is 0 Å². The summed E-state index contributed by atoms with van der Waals surface area (Å²) in [6, 6.07) is 22.8. The van der Waals surface area contributed by atoms with E-state index >= 15 is 0 Å². The van der Waals surface area contributed by atoms with E-state index < -0.39 is 23.3 Å². The van der Waals surface area contributed by atoms with E-state index in [0.29, 0.717) is 23.5 Å². The Labute approximate surface area is 341 Å². The topological polar surface area (TPSA) is 81.0 Å². The summed E-state index contributed by atoms with van der Waals surface area (Å²) in [6.45, 7) is 10.2. The largest absolute Gasteiger partial charge is 0.367 e. The number of carbonyl (C=O) groups is 2. The summed E-state index contributed by atoms with van der Waals surface area (Å²) in [5.74, 6) is -2.04. The van der Waals surface area contributed by atoms with Crippen LogP contribution < -0.4 is 10.2 Å². The number of H-pyrrole nitrogens is 2. The minimum Gasteiger partial charge on any atom is -0.367 e. The highest BCUT2D eigenvalue weighted by atomic mass is 79.9. The molecule has 4 heterocycles. The second-order valence-electron chi connectivity index (χ2n) is 13.7. The zero-order chi connectivity index (χ0) is 41.4. The first-order valence-corrected chi connectivity index (χ1v) is 18.7. The third-order valence-corrected chi connectivity index (χ3v) is 10.7. The molecule has 2 aliphatic rings. The highest BCUT2D eigenvalue weighted by Crippen LogP contribution is 2.33. The summed E-state index contributed by atoms with van der Waals surface area (Å²) in [6.07, 6.45) is 1.63. The van der Waals surface area contributed by atoms with Gasteiger partial charge in [-0.1, -0.05) is 41.9 Å². The number of aryl methyl sites for hydroxylation is 2. The average molecular weight is 838 g/mol. The molecule has 0 amide bonds. The number of anilines is 1. The minimum absolute atomic E-state index is 0.0135. The second kappa shape index (κ2) is 19.3. The number of rotatable bonds is 5. The van der Waals surface area contributed by atoms with Crippen molar-refractivity contribution in [2.75, 3.05) is 18.0 Å². The van der Waals surface area contributed by atoms with Gasteiger partial charge in [0.1, 0.15) is 23.3 Å². The fourth-order valence-corrected chi connectivity index (χ4v) is 7.12. The highest BCUT2D eigenvalue weighted by molar-refractivity contribution is 9.10. The van der Waals surface area contributed by atoms with Crippen LogP contribution in [0.2, 0.25) is 0 Å². The van der Waals surface area contributed by atoms with Crippen molar-refractivity contribution in [3.8, 4) is 22.5 Å². The van der Waals surface area contributed by atoms with Gasteiger partial charge in [0.15, 0.2) is 11.6 Å². The monoisotopic (exact) mass is 837 g/mol. The van der Waals surface area contributed by atoms with Crippen LogP contribution in [0.4, 0.5) is 23.2 Å². The van der Waals surface area contributed by atoms with E-state index in [1.165, 1.54) is 36.4 Å². The first kappa shape index (κ1) is 43.0. The zero-order valence-corrected chi connectivity index (χ0v) is 33.1. The van der Waals surface area contributed by atoms with Crippen LogP contribution in [0.5, 0.6) is 0 Å². The van der Waals surface area contributed by atoms with Crippen LogP contribution in [0.3, 0.4) is 0 Å². The number of ketones is 2. The predicted octanol–water partition coefficient (Wildman–Crippen LogP) is 9.03. The molecule has 13 heteroatoms. The van der Waals surface area contributed by atoms with Gasteiger partial charge in [-0.2, -0.15) is 7.74 Å². The number of nitrogens with zero attached hydrogens (tertiary/aromatic N) is 1. The van der Waals surface area contributed by atoms with Crippen LogP contribution in [0.15, 0.2) is 89.4 Å². The smallest absolute Gasteiger partial charge is 0.159 e. The molecule has 0 bridgehead atoms. The predicted molar refractivity (Wildman–Crippen MR) is 228 cm³/mol. The molecule has 2 aromatic heterocycles. The van der Waals surface area contributed by atoms with Crippen molar-refractivity contribution < 1.29 is 27.2 Å². The number of carbonyl (C=O) groups excluding carboxylic acids is 2. The fourth-order valence-electron chi connectivity index (χ4n) is 6.87. The summed E-state index contributed by atoms with van der Waals surface area (Å²) in [7, 11) is 5.00. The van der Waals surface area contributed by atoms with Gasteiger partial charge in [0, 0.05) is 71.7 Å². The molecule has 3 N–H and O–H groups in total. The summed E-state index contributed by atoms with van der Waals surface area (Å²) in [4.78, 5) is 31.0. The quantitative estimate of drug-likeness (QED) is 0.0921. The molecule has 2 radical (unpaired) electrons. The number of aromatic nitrogens is 2. The second-order valence-corrected chi connectivity index (χ2v) is 14.6. The molecule has 6 aromatic rings. The number of Topliss-reactive ketones (excluding diaryl/α,β-unsaturated/α-hetero) is 2. The van der Waals surface area contributed by atoms with Crippen LogP contribution in [-0.4, -0.2) is 50.1 Å². The number of aromatic amines is 2. The Bertz CT molecular complexity index is 2330. The lowest BCUT2D eigenvalue weighted by Crippen LogP contribution is -2.30. The molecule has 0 spiro atoms. The van der Waals surface area contributed by atoms with Crippen LogP contribution >= 0.6 is 15.9 Å². The molecule has 0 fully saturated rings. The van der Waals surface area contributed by atoms with E-state index in [2.05, 4.69) is 36.1 Å². The number of benzene rings is 4. The molecule has 4 aromatic carbocycles. The lowest BCUT2D eigenvalue weighted by molar-refractivity contribution is 0.100. The third kappa shape index (κ3) is 10.3. The number of nitrogens with one attached hydrogen (secondary N) is 3. The Hall–Kier alpha value is -5.13. The zero-order valence-electron chi connectivity index (χ0n) is 31.6. The highest BCUT2D eigenvalue weighted by Gasteiger charge is 2.23. The van der Waals surface area contributed by atoms with Gasteiger partial charge in [-0.15, -0.1) is 0 Å². The number of halogens is 5. The molecular weight excluding hydrogens is 794 g/mol. The molecule has 57 heavy (non-hydrogen) atoms. The fraction of sp³-hybridized carbons (Fsp3) is 0.227. The first-order valence-electron chi connectivity index (χ1n) is 17.9. The van der Waals surface area contributed by atoms with Crippen molar-refractivity contribution in [3.05, 3.63) is 157 Å². The molecular formula is C44H44B2BrF4N4O2-. The summed E-state index contributed by atoms with van der Waals surface area (Å²) in [5, 5.41) is 3.23. The molecule has 8 rings (SSSR count). The number of hydrogen-bond donors (Lipinski definition) is 3. The molecule has 0 saturated heterocycles. The first-order chi connectivity index (χ1) is 27.3. The van der Waals surface area contributed by atoms with Crippen molar-refractivity contribution in [3.63, 3.8) is 0 Å². The van der Waals surface area contributed by atoms with E-state index in [1.54, 1.807) is 13.8 Å². The van der Waals surface area contributed by atoms with Gasteiger partial charge in [-0.05, 0) is 117 Å². The Balaban J connectivity index is 0.000000176. The normalized spacial score (nSPS) is 12.8. The van der Waals surface area contributed by atoms with E-state index in [1.807, 2.05) is 62.4 Å². The molecule has 2 aliphatic heterocycles. The summed E-state index contributed by atoms with van der Waals surface area (Å²) in [5.41, 5.74) is 9.91. The van der Waals surface area contributed by atoms with Gasteiger partial charge in [0.25, 0.3) is 0 Å². The third-order valence-electron chi connectivity index (χ3n) is 9.82. The van der Waals surface area contributed by atoms with E-state index in [4.69, 9.17) is 7.74 Å². The van der Waals surface area contributed by atoms with E-state index in [-0.39, 0.29) is 30.4 Å². The summed E-state index contributed by atoms with van der Waals surface area (Å²) < 4.78 is 56.5. The van der Waals surface area contributed by atoms with Crippen LogP contribution in [0, 0.1) is 37.1 Å². The molecule has 0 atom stereocenters. The standard InChI is InChI=1S/C22H20F2N2O.C13H12F2N2.C9H9BrO.B2H3/c1-13-10-15(14(2)27)6-7-21(13)26-9-8-19-16(12-26)11-20(25-19)22-17(23)4-3-5-18(22)24;14-9-2-1-3-10(15)13(9)12-6-8-7-16-5-4-11(8)17-12;1-6-5-8(7(2)11)3-4-9(6)10;1-2/h3-7,10-11,25H,8-9,12H2,1-2H3;1-3,6,16-17H,4-5,7H2;3-5H,1-2H3;1H3/q;;;-1. The van der Waals surface area contributed by atoms with Crippen molar-refractivity contribution in [1.29, 1.82) is 0 Å². The Morgan fingerprint density at radius 1 is 0.684 bits per heavy atom. The Morgan fingerprint density at radius 3 is 1.67 bits per heavy atom. The van der Waals surface area contributed by atoms with Crippen molar-refractivity contribution in [2.45, 2.75) is 53.6 Å². The maximum Gasteiger partial charge on any atom is 0.159 e. The summed E-state index contributed by atoms with van der Waals surface area (Å²) >= 11 is 3.37. The maximum absolute atomic E-state index is 14.1. The number of hydrogen-bond acceptors (Lipinski definition) is 4. The lowest BCUT2D eigenvalue weighted by atomic mass is 9.81. The number of fused-ring (bicyclic) bond motifs is 2. The Morgan fingerprint density at radius 2 is 1.18 bits per heavy atom. The average Bonchev–Trinajstić information content (AvgIpc) is 3.81. The van der Waals surface area contributed by atoms with E-state index in [0.717, 1.165) is 81.8 Å². The molecule has 0 unspecified atom stereocenters. The van der Waals surface area contributed by atoms with Crippen LogP contribution in [0.25, 0.3) is 22.5 Å².